The minimum absolute atomic E-state index is 0.275. The van der Waals surface area contributed by atoms with E-state index in [1.54, 1.807) is 0 Å². The lowest BCUT2D eigenvalue weighted by molar-refractivity contribution is 0.477. The van der Waals surface area contributed by atoms with E-state index in [9.17, 15) is 8.42 Å². The van der Waals surface area contributed by atoms with Crippen molar-refractivity contribution in [2.24, 2.45) is 0 Å². The molecule has 0 aliphatic heterocycles. The van der Waals surface area contributed by atoms with Crippen LogP contribution in [0.4, 0.5) is 0 Å². The van der Waals surface area contributed by atoms with Crippen LogP contribution < -0.4 is 0 Å². The summed E-state index contributed by atoms with van der Waals surface area (Å²) >= 11 is 0. The molecule has 0 aliphatic carbocycles. The van der Waals surface area contributed by atoms with Crippen LogP contribution in [0.2, 0.25) is 0 Å². The summed E-state index contributed by atoms with van der Waals surface area (Å²) < 4.78 is 35.7. The average molecular weight is 317 g/mol. The van der Waals surface area contributed by atoms with Crippen LogP contribution in [0.3, 0.4) is 0 Å². The predicted molar refractivity (Wildman–Crippen MR) is 84.2 cm³/mol. The Hall–Kier alpha value is -2.18. The molecule has 0 bridgehead atoms. The minimum atomic E-state index is -3.94. The maximum Gasteiger partial charge on any atom is 0.264 e. The highest BCUT2D eigenvalue weighted by atomic mass is 32.2. The maximum atomic E-state index is 10.7. The Morgan fingerprint density at radius 1 is 1.05 bits per heavy atom. The predicted octanol–water partition coefficient (Wildman–Crippen LogP) is 3.32. The first-order valence-electron chi connectivity index (χ1n) is 6.91. The van der Waals surface area contributed by atoms with Crippen molar-refractivity contribution in [2.45, 2.75) is 12.8 Å². The van der Waals surface area contributed by atoms with Crippen LogP contribution >= 0.6 is 0 Å². The molecule has 2 aromatic carbocycles. The van der Waals surface area contributed by atoms with Crippen LogP contribution in [0, 0.1) is 0 Å². The number of fused-ring (bicyclic) bond motifs is 1. The Bertz CT molecular complexity index is 885. The Labute approximate surface area is 128 Å². The summed E-state index contributed by atoms with van der Waals surface area (Å²) in [6.07, 6.45) is 0.645. The molecule has 0 aliphatic rings. The zero-order valence-corrected chi connectivity index (χ0v) is 12.6. The van der Waals surface area contributed by atoms with E-state index in [0.29, 0.717) is 17.9 Å². The van der Waals surface area contributed by atoms with Crippen LogP contribution in [0.1, 0.15) is 12.3 Å². The van der Waals surface area contributed by atoms with Gasteiger partial charge in [-0.25, -0.2) is 4.98 Å². The molecule has 0 fully saturated rings. The molecule has 0 atom stereocenters. The molecule has 0 saturated heterocycles. The zero-order chi connectivity index (χ0) is 15.6. The Balaban J connectivity index is 1.81. The number of hydrogen-bond donors (Lipinski definition) is 1. The third-order valence-corrected chi connectivity index (χ3v) is 4.14. The van der Waals surface area contributed by atoms with E-state index < -0.39 is 10.1 Å². The molecule has 1 heterocycles. The van der Waals surface area contributed by atoms with Gasteiger partial charge >= 0.3 is 0 Å². The molecule has 0 saturated carbocycles. The second kappa shape index (κ2) is 5.90. The summed E-state index contributed by atoms with van der Waals surface area (Å²) in [6, 6.07) is 15.7. The molecular weight excluding hydrogens is 302 g/mol. The van der Waals surface area contributed by atoms with Crippen molar-refractivity contribution < 1.29 is 17.4 Å². The molecule has 3 rings (SSSR count). The molecule has 3 aromatic rings. The van der Waals surface area contributed by atoms with Gasteiger partial charge in [0.2, 0.25) is 0 Å². The highest BCUT2D eigenvalue weighted by molar-refractivity contribution is 7.85. The van der Waals surface area contributed by atoms with Gasteiger partial charge in [0.05, 0.1) is 5.75 Å². The van der Waals surface area contributed by atoms with E-state index >= 15 is 0 Å². The molecule has 6 heteroatoms. The molecule has 1 aromatic heterocycles. The van der Waals surface area contributed by atoms with E-state index in [-0.39, 0.29) is 12.2 Å². The minimum Gasteiger partial charge on any atom is -0.441 e. The monoisotopic (exact) mass is 317 g/mol. The molecule has 1 N–H and O–H groups in total. The normalized spacial score (nSPS) is 11.9. The van der Waals surface area contributed by atoms with Gasteiger partial charge in [0, 0.05) is 6.42 Å². The molecule has 0 spiro atoms. The first-order valence-corrected chi connectivity index (χ1v) is 8.52. The smallest absolute Gasteiger partial charge is 0.264 e. The van der Waals surface area contributed by atoms with Gasteiger partial charge in [0.15, 0.2) is 11.5 Å². The third-order valence-electron chi connectivity index (χ3n) is 3.33. The Morgan fingerprint density at radius 3 is 2.55 bits per heavy atom. The highest BCUT2D eigenvalue weighted by Crippen LogP contribution is 2.25. The zero-order valence-electron chi connectivity index (χ0n) is 11.8. The standard InChI is InChI=1S/C16H15NO4S/c18-22(19,20)10-4-7-16-17-14-11-13(8-9-15(14)21-16)12-5-2-1-3-6-12/h1-3,5-6,8-9,11H,4,7,10H2,(H,18,19,20). The Kier molecular flexibility index (Phi) is 3.96. The van der Waals surface area contributed by atoms with E-state index in [4.69, 9.17) is 8.97 Å². The van der Waals surface area contributed by atoms with Gasteiger partial charge in [-0.1, -0.05) is 36.4 Å². The molecule has 114 valence electrons. The first-order chi connectivity index (χ1) is 10.5. The van der Waals surface area contributed by atoms with Crippen molar-refractivity contribution in [3.05, 3.63) is 54.4 Å². The van der Waals surface area contributed by atoms with Gasteiger partial charge < -0.3 is 4.42 Å². The average Bonchev–Trinajstić information content (AvgIpc) is 2.88. The number of aryl methyl sites for hydroxylation is 1. The highest BCUT2D eigenvalue weighted by Gasteiger charge is 2.10. The maximum absolute atomic E-state index is 10.7. The van der Waals surface area contributed by atoms with Gasteiger partial charge in [-0.15, -0.1) is 0 Å². The fourth-order valence-corrected chi connectivity index (χ4v) is 2.81. The summed E-state index contributed by atoms with van der Waals surface area (Å²) in [5.41, 5.74) is 3.55. The number of benzene rings is 2. The fourth-order valence-electron chi connectivity index (χ4n) is 2.30. The fraction of sp³-hybridized carbons (Fsp3) is 0.188. The molecule has 22 heavy (non-hydrogen) atoms. The summed E-state index contributed by atoms with van der Waals surface area (Å²) in [6.45, 7) is 0. The van der Waals surface area contributed by atoms with Gasteiger partial charge in [0.1, 0.15) is 5.52 Å². The number of nitrogens with zero attached hydrogens (tertiary/aromatic N) is 1. The lowest BCUT2D eigenvalue weighted by Gasteiger charge is -1.99. The second-order valence-corrected chi connectivity index (χ2v) is 6.62. The quantitative estimate of drug-likeness (QED) is 0.730. The van der Waals surface area contributed by atoms with E-state index in [2.05, 4.69) is 4.98 Å². The molecule has 5 nitrogen and oxygen atoms in total. The van der Waals surface area contributed by atoms with Crippen molar-refractivity contribution in [3.8, 4) is 11.1 Å². The molecule has 0 unspecified atom stereocenters. The van der Waals surface area contributed by atoms with E-state index in [1.807, 2.05) is 48.5 Å². The summed E-state index contributed by atoms with van der Waals surface area (Å²) in [5.74, 6) is 0.185. The van der Waals surface area contributed by atoms with Crippen molar-refractivity contribution in [2.75, 3.05) is 5.75 Å². The van der Waals surface area contributed by atoms with Gasteiger partial charge in [-0.3, -0.25) is 4.55 Å². The summed E-state index contributed by atoms with van der Waals surface area (Å²) in [5, 5.41) is 0. The summed E-state index contributed by atoms with van der Waals surface area (Å²) in [4.78, 5) is 4.38. The van der Waals surface area contributed by atoms with Crippen LogP contribution in [0.5, 0.6) is 0 Å². The Morgan fingerprint density at radius 2 is 1.82 bits per heavy atom. The second-order valence-electron chi connectivity index (χ2n) is 5.05. The van der Waals surface area contributed by atoms with Crippen LogP contribution in [-0.2, 0) is 16.5 Å². The van der Waals surface area contributed by atoms with Crippen molar-refractivity contribution in [1.82, 2.24) is 4.98 Å². The van der Waals surface area contributed by atoms with Crippen LogP contribution in [0.15, 0.2) is 52.9 Å². The van der Waals surface area contributed by atoms with Gasteiger partial charge in [-0.05, 0) is 29.7 Å². The van der Waals surface area contributed by atoms with Crippen molar-refractivity contribution in [1.29, 1.82) is 0 Å². The first kappa shape index (κ1) is 14.7. The topological polar surface area (TPSA) is 80.4 Å². The number of oxazole rings is 1. The molecule has 0 amide bonds. The van der Waals surface area contributed by atoms with Crippen LogP contribution in [0.25, 0.3) is 22.2 Å². The van der Waals surface area contributed by atoms with E-state index in [1.165, 1.54) is 0 Å². The lowest BCUT2D eigenvalue weighted by Crippen LogP contribution is -2.04. The molecule has 0 radical (unpaired) electrons. The van der Waals surface area contributed by atoms with Crippen molar-refractivity contribution >= 4 is 21.2 Å². The van der Waals surface area contributed by atoms with Crippen LogP contribution in [-0.4, -0.2) is 23.7 Å². The van der Waals surface area contributed by atoms with Gasteiger partial charge in [-0.2, -0.15) is 8.42 Å². The van der Waals surface area contributed by atoms with Crippen molar-refractivity contribution in [3.63, 3.8) is 0 Å². The van der Waals surface area contributed by atoms with Gasteiger partial charge in [0.25, 0.3) is 10.1 Å². The number of rotatable bonds is 5. The molecular formula is C16H15NO4S. The number of hydrogen-bond acceptors (Lipinski definition) is 4. The largest absolute Gasteiger partial charge is 0.441 e. The van der Waals surface area contributed by atoms with E-state index in [0.717, 1.165) is 16.6 Å². The summed E-state index contributed by atoms with van der Waals surface area (Å²) in [7, 11) is -3.94. The number of aromatic nitrogens is 1. The SMILES string of the molecule is O=S(=O)(O)CCCc1nc2cc(-c3ccccc3)ccc2o1. The lowest BCUT2D eigenvalue weighted by atomic mass is 10.1. The third kappa shape index (κ3) is 3.52.